The normalized spacial score (nSPS) is 12.3. The molecular formula is C21H25N3O2S. The molecule has 0 amide bonds. The van der Waals surface area contributed by atoms with E-state index in [9.17, 15) is 8.42 Å². The van der Waals surface area contributed by atoms with Crippen molar-refractivity contribution in [2.24, 2.45) is 0 Å². The predicted octanol–water partition coefficient (Wildman–Crippen LogP) is 4.79. The Morgan fingerprint density at radius 1 is 0.889 bits per heavy atom. The van der Waals surface area contributed by atoms with Crippen LogP contribution in [0.1, 0.15) is 27.7 Å². The van der Waals surface area contributed by atoms with E-state index < -0.39 is 10.0 Å². The second-order valence-electron chi connectivity index (χ2n) is 7.05. The zero-order valence-corrected chi connectivity index (χ0v) is 16.9. The molecule has 0 aliphatic carbocycles. The van der Waals surface area contributed by atoms with Gasteiger partial charge in [-0.3, -0.25) is 0 Å². The molecule has 6 heteroatoms. The first-order chi connectivity index (χ1) is 12.8. The lowest BCUT2D eigenvalue weighted by atomic mass is 10.1. The van der Waals surface area contributed by atoms with Gasteiger partial charge in [0.15, 0.2) is 0 Å². The van der Waals surface area contributed by atoms with Gasteiger partial charge in [0.05, 0.1) is 0 Å². The van der Waals surface area contributed by atoms with Crippen molar-refractivity contribution in [2.75, 3.05) is 5.32 Å². The fourth-order valence-corrected chi connectivity index (χ4v) is 5.13. The zero-order chi connectivity index (χ0) is 19.6. The molecule has 27 heavy (non-hydrogen) atoms. The highest BCUT2D eigenvalue weighted by molar-refractivity contribution is 7.89. The van der Waals surface area contributed by atoms with E-state index in [0.29, 0.717) is 5.82 Å². The van der Waals surface area contributed by atoms with Crippen LogP contribution in [-0.2, 0) is 10.0 Å². The molecule has 142 valence electrons. The standard InChI is InChI=1S/C21H25N3O2S/c1-15(2)24(16(3)4)27(25,26)18-12-13-21(22-14-18)23-20-11-7-9-17-8-5-6-10-19(17)20/h5-16H,1-4H3,(H,22,23). The number of sulfonamides is 1. The van der Waals surface area contributed by atoms with E-state index in [1.807, 2.05) is 58.0 Å². The maximum atomic E-state index is 12.9. The van der Waals surface area contributed by atoms with E-state index >= 15 is 0 Å². The van der Waals surface area contributed by atoms with Gasteiger partial charge < -0.3 is 5.32 Å². The summed E-state index contributed by atoms with van der Waals surface area (Å²) in [5.41, 5.74) is 0.933. The van der Waals surface area contributed by atoms with Crippen molar-refractivity contribution in [1.82, 2.24) is 9.29 Å². The third kappa shape index (κ3) is 3.96. The van der Waals surface area contributed by atoms with E-state index in [0.717, 1.165) is 16.5 Å². The summed E-state index contributed by atoms with van der Waals surface area (Å²) in [7, 11) is -3.58. The first-order valence-corrected chi connectivity index (χ1v) is 10.5. The Hall–Kier alpha value is -2.44. The van der Waals surface area contributed by atoms with Gasteiger partial charge in [-0.25, -0.2) is 13.4 Å². The number of hydrogen-bond acceptors (Lipinski definition) is 4. The minimum atomic E-state index is -3.58. The molecule has 0 radical (unpaired) electrons. The van der Waals surface area contributed by atoms with Crippen LogP contribution in [0.3, 0.4) is 0 Å². The number of anilines is 2. The second-order valence-corrected chi connectivity index (χ2v) is 8.90. The minimum Gasteiger partial charge on any atom is -0.340 e. The molecule has 1 N–H and O–H groups in total. The average Bonchev–Trinajstić information content (AvgIpc) is 2.61. The van der Waals surface area contributed by atoms with Gasteiger partial charge in [0.1, 0.15) is 10.7 Å². The van der Waals surface area contributed by atoms with E-state index in [1.54, 1.807) is 12.1 Å². The predicted molar refractivity (Wildman–Crippen MR) is 111 cm³/mol. The molecule has 3 aromatic rings. The van der Waals surface area contributed by atoms with Crippen molar-refractivity contribution >= 4 is 32.3 Å². The van der Waals surface area contributed by atoms with Crippen LogP contribution in [-0.4, -0.2) is 29.8 Å². The second kappa shape index (κ2) is 7.66. The van der Waals surface area contributed by atoms with E-state index in [-0.39, 0.29) is 17.0 Å². The number of benzene rings is 2. The van der Waals surface area contributed by atoms with E-state index in [1.165, 1.54) is 10.5 Å². The lowest BCUT2D eigenvalue weighted by Crippen LogP contribution is -2.41. The Labute approximate surface area is 161 Å². The summed E-state index contributed by atoms with van der Waals surface area (Å²) >= 11 is 0. The average molecular weight is 384 g/mol. The van der Waals surface area contributed by atoms with Crippen molar-refractivity contribution in [3.05, 3.63) is 60.8 Å². The summed E-state index contributed by atoms with van der Waals surface area (Å²) in [6, 6.07) is 17.2. The monoisotopic (exact) mass is 383 g/mol. The van der Waals surface area contributed by atoms with Crippen molar-refractivity contribution in [3.63, 3.8) is 0 Å². The SMILES string of the molecule is CC(C)N(C(C)C)S(=O)(=O)c1ccc(Nc2cccc3ccccc23)nc1. The molecule has 0 saturated carbocycles. The molecule has 0 bridgehead atoms. The van der Waals surface area contributed by atoms with E-state index in [4.69, 9.17) is 0 Å². The molecule has 0 saturated heterocycles. The maximum absolute atomic E-state index is 12.9. The summed E-state index contributed by atoms with van der Waals surface area (Å²) < 4.78 is 27.4. The summed E-state index contributed by atoms with van der Waals surface area (Å²) in [5.74, 6) is 0.603. The fraction of sp³-hybridized carbons (Fsp3) is 0.286. The molecule has 0 aliphatic rings. The lowest BCUT2D eigenvalue weighted by molar-refractivity contribution is 0.302. The highest BCUT2D eigenvalue weighted by Crippen LogP contribution is 2.26. The Kier molecular flexibility index (Phi) is 5.48. The molecule has 3 rings (SSSR count). The number of aromatic nitrogens is 1. The van der Waals surface area contributed by atoms with Crippen molar-refractivity contribution in [2.45, 2.75) is 44.7 Å². The largest absolute Gasteiger partial charge is 0.340 e. The van der Waals surface area contributed by atoms with Crippen LogP contribution in [0.15, 0.2) is 65.7 Å². The lowest BCUT2D eigenvalue weighted by Gasteiger charge is -2.29. The van der Waals surface area contributed by atoms with Gasteiger partial charge in [-0.1, -0.05) is 36.4 Å². The van der Waals surface area contributed by atoms with Gasteiger partial charge in [0.2, 0.25) is 10.0 Å². The molecule has 0 atom stereocenters. The van der Waals surface area contributed by atoms with Crippen LogP contribution < -0.4 is 5.32 Å². The number of fused-ring (bicyclic) bond motifs is 1. The van der Waals surface area contributed by atoms with Crippen LogP contribution in [0.25, 0.3) is 10.8 Å². The van der Waals surface area contributed by atoms with Gasteiger partial charge in [-0.15, -0.1) is 0 Å². The zero-order valence-electron chi connectivity index (χ0n) is 16.0. The number of rotatable bonds is 6. The molecular weight excluding hydrogens is 358 g/mol. The topological polar surface area (TPSA) is 62.3 Å². The first kappa shape index (κ1) is 19.3. The van der Waals surface area contributed by atoms with Gasteiger partial charge in [-0.05, 0) is 51.3 Å². The van der Waals surface area contributed by atoms with Gasteiger partial charge in [0.25, 0.3) is 0 Å². The fourth-order valence-electron chi connectivity index (χ4n) is 3.35. The number of nitrogens with zero attached hydrogens (tertiary/aromatic N) is 2. The summed E-state index contributed by atoms with van der Waals surface area (Å²) in [6.45, 7) is 7.51. The molecule has 0 fully saturated rings. The Bertz CT molecular complexity index is 1020. The Morgan fingerprint density at radius 2 is 1.56 bits per heavy atom. The molecule has 1 heterocycles. The van der Waals surface area contributed by atoms with Gasteiger partial charge >= 0.3 is 0 Å². The van der Waals surface area contributed by atoms with Gasteiger partial charge in [-0.2, -0.15) is 4.31 Å². The number of nitrogens with one attached hydrogen (secondary N) is 1. The molecule has 0 aliphatic heterocycles. The van der Waals surface area contributed by atoms with Crippen LogP contribution >= 0.6 is 0 Å². The summed E-state index contributed by atoms with van der Waals surface area (Å²) in [6.07, 6.45) is 1.42. The molecule has 5 nitrogen and oxygen atoms in total. The molecule has 0 spiro atoms. The van der Waals surface area contributed by atoms with Crippen molar-refractivity contribution in [1.29, 1.82) is 0 Å². The summed E-state index contributed by atoms with van der Waals surface area (Å²) in [4.78, 5) is 4.53. The number of hydrogen-bond donors (Lipinski definition) is 1. The first-order valence-electron chi connectivity index (χ1n) is 9.05. The quantitative estimate of drug-likeness (QED) is 0.665. The maximum Gasteiger partial charge on any atom is 0.245 e. The summed E-state index contributed by atoms with van der Waals surface area (Å²) in [5, 5.41) is 5.50. The van der Waals surface area contributed by atoms with Crippen molar-refractivity contribution < 1.29 is 8.42 Å². The molecule has 1 aromatic heterocycles. The van der Waals surface area contributed by atoms with Crippen LogP contribution in [0.5, 0.6) is 0 Å². The molecule has 2 aromatic carbocycles. The van der Waals surface area contributed by atoms with Crippen LogP contribution in [0.2, 0.25) is 0 Å². The Balaban J connectivity index is 1.89. The number of pyridine rings is 1. The Morgan fingerprint density at radius 3 is 2.19 bits per heavy atom. The van der Waals surface area contributed by atoms with Crippen LogP contribution in [0, 0.1) is 0 Å². The highest BCUT2D eigenvalue weighted by Gasteiger charge is 2.29. The molecule has 0 unspecified atom stereocenters. The van der Waals surface area contributed by atoms with Crippen molar-refractivity contribution in [3.8, 4) is 0 Å². The highest BCUT2D eigenvalue weighted by atomic mass is 32.2. The third-order valence-corrected chi connectivity index (χ3v) is 6.62. The third-order valence-electron chi connectivity index (χ3n) is 4.38. The van der Waals surface area contributed by atoms with Gasteiger partial charge in [0, 0.05) is 29.4 Å². The minimum absolute atomic E-state index is 0.122. The smallest absolute Gasteiger partial charge is 0.245 e. The van der Waals surface area contributed by atoms with E-state index in [2.05, 4.69) is 22.4 Å². The van der Waals surface area contributed by atoms with Crippen LogP contribution in [0.4, 0.5) is 11.5 Å².